The van der Waals surface area contributed by atoms with Crippen molar-refractivity contribution in [3.63, 3.8) is 0 Å². The van der Waals surface area contributed by atoms with Crippen molar-refractivity contribution < 1.29 is 22.8 Å². The van der Waals surface area contributed by atoms with Crippen molar-refractivity contribution in [2.45, 2.75) is 25.7 Å². The monoisotopic (exact) mass is 531 g/mol. The first-order chi connectivity index (χ1) is 17.9. The van der Waals surface area contributed by atoms with Gasteiger partial charge >= 0.3 is 11.9 Å². The maximum absolute atomic E-state index is 13.1. The van der Waals surface area contributed by atoms with Gasteiger partial charge in [-0.3, -0.25) is 19.0 Å². The van der Waals surface area contributed by atoms with Gasteiger partial charge in [-0.2, -0.15) is 13.2 Å². The highest BCUT2D eigenvalue weighted by atomic mass is 19.4. The average molecular weight is 531 g/mol. The molecule has 0 aliphatic rings. The number of amides is 2. The number of aryl methyl sites for hydroxylation is 1. The molecule has 0 saturated carbocycles. The zero-order valence-electron chi connectivity index (χ0n) is 20.1. The Kier molecular flexibility index (Phi) is 6.80. The van der Waals surface area contributed by atoms with Gasteiger partial charge < -0.3 is 15.2 Å². The number of likely N-dealkylation sites (N-methyl/N-ethyl adjacent to an activating group) is 1. The summed E-state index contributed by atoms with van der Waals surface area (Å²) < 4.78 is 41.3. The lowest BCUT2D eigenvalue weighted by Crippen LogP contribution is -2.43. The molecule has 0 radical (unpaired) electrons. The summed E-state index contributed by atoms with van der Waals surface area (Å²) in [7, 11) is 2.74. The minimum atomic E-state index is -4.69. The predicted molar refractivity (Wildman–Crippen MR) is 127 cm³/mol. The summed E-state index contributed by atoms with van der Waals surface area (Å²) in [5.74, 6) is -2.39. The first-order valence-electron chi connectivity index (χ1n) is 11.0. The highest BCUT2D eigenvalue weighted by molar-refractivity contribution is 5.93. The number of hydrogen-bond acceptors (Lipinski definition) is 8. The smallest absolute Gasteiger partial charge is 0.358 e. The first kappa shape index (κ1) is 26.2. The Morgan fingerprint density at radius 3 is 2.42 bits per heavy atom. The highest BCUT2D eigenvalue weighted by Crippen LogP contribution is 2.27. The van der Waals surface area contributed by atoms with Gasteiger partial charge in [-0.1, -0.05) is 6.07 Å². The summed E-state index contributed by atoms with van der Waals surface area (Å²) in [4.78, 5) is 65.4. The zero-order chi connectivity index (χ0) is 27.8. The van der Waals surface area contributed by atoms with Gasteiger partial charge in [-0.05, 0) is 19.1 Å². The zero-order valence-corrected chi connectivity index (χ0v) is 20.1. The van der Waals surface area contributed by atoms with Crippen LogP contribution in [0.1, 0.15) is 18.8 Å². The second-order valence-electron chi connectivity index (χ2n) is 8.10. The molecule has 4 heterocycles. The van der Waals surface area contributed by atoms with Crippen LogP contribution in [0.2, 0.25) is 0 Å². The Labute approximate surface area is 211 Å². The van der Waals surface area contributed by atoms with E-state index in [1.165, 1.54) is 50.1 Å². The van der Waals surface area contributed by atoms with E-state index in [1.807, 2.05) is 0 Å². The summed E-state index contributed by atoms with van der Waals surface area (Å²) in [5, 5.41) is 4.92. The Balaban J connectivity index is 1.63. The van der Waals surface area contributed by atoms with Gasteiger partial charge in [-0.15, -0.1) is 0 Å². The van der Waals surface area contributed by atoms with Crippen molar-refractivity contribution in [3.8, 4) is 11.3 Å². The van der Waals surface area contributed by atoms with Crippen LogP contribution in [0.4, 0.5) is 19.0 Å². The molecule has 0 aliphatic heterocycles. The van der Waals surface area contributed by atoms with Crippen LogP contribution in [0.25, 0.3) is 22.4 Å². The Morgan fingerprint density at radius 2 is 1.79 bits per heavy atom. The molecule has 0 unspecified atom stereocenters. The van der Waals surface area contributed by atoms with Crippen LogP contribution in [0.5, 0.6) is 0 Å². The Bertz CT molecular complexity index is 1660. The summed E-state index contributed by atoms with van der Waals surface area (Å²) >= 11 is 0. The van der Waals surface area contributed by atoms with Gasteiger partial charge in [0.15, 0.2) is 11.2 Å². The SMILES string of the molecule is CNC(=O)Cn1c(=O)c2c(ncn2[C@@H](C)C(=O)Nc2cccc(-c3cnc(C(F)(F)F)nc3)n2)n(C)c1=O. The van der Waals surface area contributed by atoms with Gasteiger partial charge in [-0.25, -0.2) is 29.3 Å². The van der Waals surface area contributed by atoms with Crippen LogP contribution >= 0.6 is 0 Å². The van der Waals surface area contributed by atoms with Crippen molar-refractivity contribution in [2.75, 3.05) is 12.4 Å². The fourth-order valence-electron chi connectivity index (χ4n) is 3.57. The van der Waals surface area contributed by atoms with E-state index in [4.69, 9.17) is 0 Å². The number of halogens is 3. The molecule has 4 rings (SSSR count). The largest absolute Gasteiger partial charge is 0.451 e. The van der Waals surface area contributed by atoms with Gasteiger partial charge in [0.1, 0.15) is 18.4 Å². The molecule has 2 N–H and O–H groups in total. The van der Waals surface area contributed by atoms with Crippen LogP contribution in [0.15, 0.2) is 46.5 Å². The van der Waals surface area contributed by atoms with Crippen molar-refractivity contribution in [1.82, 2.24) is 39.0 Å². The molecule has 2 amide bonds. The minimum absolute atomic E-state index is 0.0234. The number of carbonyl (C=O) groups is 2. The number of alkyl halides is 3. The molecule has 0 bridgehead atoms. The van der Waals surface area contributed by atoms with E-state index in [9.17, 15) is 32.3 Å². The van der Waals surface area contributed by atoms with E-state index in [-0.39, 0.29) is 28.2 Å². The maximum atomic E-state index is 13.1. The van der Waals surface area contributed by atoms with E-state index >= 15 is 0 Å². The fourth-order valence-corrected chi connectivity index (χ4v) is 3.57. The van der Waals surface area contributed by atoms with Gasteiger partial charge in [0, 0.05) is 32.1 Å². The molecule has 38 heavy (non-hydrogen) atoms. The number of carbonyl (C=O) groups excluding carboxylic acids is 2. The van der Waals surface area contributed by atoms with E-state index in [0.29, 0.717) is 0 Å². The highest BCUT2D eigenvalue weighted by Gasteiger charge is 2.34. The molecular weight excluding hydrogens is 511 g/mol. The predicted octanol–water partition coefficient (Wildman–Crippen LogP) is 0.713. The number of fused-ring (bicyclic) bond motifs is 1. The van der Waals surface area contributed by atoms with E-state index < -0.39 is 47.7 Å². The summed E-state index contributed by atoms with van der Waals surface area (Å²) in [5.41, 5.74) is -1.19. The fraction of sp³-hybridized carbons (Fsp3) is 0.273. The average Bonchev–Trinajstić information content (AvgIpc) is 3.34. The molecule has 13 nitrogen and oxygen atoms in total. The second-order valence-corrected chi connectivity index (χ2v) is 8.10. The van der Waals surface area contributed by atoms with E-state index in [0.717, 1.165) is 21.5 Å². The van der Waals surface area contributed by atoms with E-state index in [1.54, 1.807) is 0 Å². The molecule has 198 valence electrons. The molecule has 4 aromatic heterocycles. The number of nitrogens with one attached hydrogen (secondary N) is 2. The molecule has 0 spiro atoms. The third kappa shape index (κ3) is 4.87. The standard InChI is InChI=1S/C22H20F3N9O4/c1-11(34-10-29-17-16(34)19(37)33(9-15(35)26-2)21(38)32(17)3)18(36)31-14-6-4-5-13(30-14)12-7-27-20(28-8-12)22(23,24)25/h4-8,10-11H,9H2,1-3H3,(H,26,35)(H,30,31,36)/t11-/m0/s1. The molecule has 0 saturated heterocycles. The number of pyridine rings is 1. The lowest BCUT2D eigenvalue weighted by molar-refractivity contribution is -0.145. The van der Waals surface area contributed by atoms with Crippen molar-refractivity contribution in [3.05, 3.63) is 63.6 Å². The molecular formula is C22H20F3N9O4. The maximum Gasteiger partial charge on any atom is 0.451 e. The first-order valence-corrected chi connectivity index (χ1v) is 11.0. The normalized spacial score (nSPS) is 12.4. The van der Waals surface area contributed by atoms with Gasteiger partial charge in [0.25, 0.3) is 5.56 Å². The third-order valence-corrected chi connectivity index (χ3v) is 5.64. The van der Waals surface area contributed by atoms with Crippen LogP contribution in [0.3, 0.4) is 0 Å². The number of nitrogens with zero attached hydrogens (tertiary/aromatic N) is 7. The van der Waals surface area contributed by atoms with Crippen molar-refractivity contribution in [2.24, 2.45) is 7.05 Å². The number of imidazole rings is 1. The lowest BCUT2D eigenvalue weighted by atomic mass is 10.2. The quantitative estimate of drug-likeness (QED) is 0.368. The van der Waals surface area contributed by atoms with Crippen LogP contribution in [-0.2, 0) is 29.4 Å². The summed E-state index contributed by atoms with van der Waals surface area (Å²) in [6.07, 6.45) is -1.52. The Hall–Kier alpha value is -4.89. The van der Waals surface area contributed by atoms with Crippen molar-refractivity contribution >= 4 is 28.8 Å². The molecule has 0 fully saturated rings. The third-order valence-electron chi connectivity index (χ3n) is 5.64. The van der Waals surface area contributed by atoms with Crippen LogP contribution in [0, 0.1) is 0 Å². The van der Waals surface area contributed by atoms with Crippen LogP contribution in [-0.4, -0.2) is 52.5 Å². The van der Waals surface area contributed by atoms with Gasteiger partial charge in [0.05, 0.1) is 12.0 Å². The van der Waals surface area contributed by atoms with Crippen molar-refractivity contribution in [1.29, 1.82) is 0 Å². The minimum Gasteiger partial charge on any atom is -0.358 e. The van der Waals surface area contributed by atoms with Crippen LogP contribution < -0.4 is 21.9 Å². The summed E-state index contributed by atoms with van der Waals surface area (Å²) in [6.45, 7) is 0.964. The lowest BCUT2D eigenvalue weighted by Gasteiger charge is -2.15. The molecule has 0 aromatic carbocycles. The number of aromatic nitrogens is 7. The Morgan fingerprint density at radius 1 is 1.11 bits per heavy atom. The second kappa shape index (κ2) is 9.87. The van der Waals surface area contributed by atoms with E-state index in [2.05, 4.69) is 30.6 Å². The molecule has 0 aliphatic carbocycles. The topological polar surface area (TPSA) is 159 Å². The summed E-state index contributed by atoms with van der Waals surface area (Å²) in [6, 6.07) is 3.48. The molecule has 4 aromatic rings. The molecule has 16 heteroatoms. The molecule has 1 atom stereocenters. The van der Waals surface area contributed by atoms with Gasteiger partial charge in [0.2, 0.25) is 17.6 Å². The number of rotatable bonds is 6. The number of hydrogen-bond donors (Lipinski definition) is 2. The number of anilines is 1.